The van der Waals surface area contributed by atoms with E-state index >= 15 is 0 Å². The minimum Gasteiger partial charge on any atom is -0.493 e. The summed E-state index contributed by atoms with van der Waals surface area (Å²) in [5.41, 5.74) is 4.26. The second-order valence-electron chi connectivity index (χ2n) is 7.16. The van der Waals surface area contributed by atoms with Crippen LogP contribution in [0.1, 0.15) is 22.5 Å². The molecule has 3 aromatic rings. The van der Waals surface area contributed by atoms with Crippen LogP contribution in [0.5, 0.6) is 11.5 Å². The van der Waals surface area contributed by atoms with Gasteiger partial charge in [0.25, 0.3) is 0 Å². The highest BCUT2D eigenvalue weighted by Crippen LogP contribution is 2.27. The van der Waals surface area contributed by atoms with Crippen LogP contribution in [0.15, 0.2) is 47.6 Å². The molecule has 2 aromatic heterocycles. The summed E-state index contributed by atoms with van der Waals surface area (Å²) in [4.78, 5) is 8.83. The summed E-state index contributed by atoms with van der Waals surface area (Å²) < 4.78 is 12.5. The summed E-state index contributed by atoms with van der Waals surface area (Å²) in [7, 11) is 5.04. The number of aryl methyl sites for hydroxylation is 2. The molecule has 0 atom stereocenters. The van der Waals surface area contributed by atoms with Gasteiger partial charge in [0, 0.05) is 32.0 Å². The Morgan fingerprint density at radius 2 is 1.75 bits per heavy atom. The molecule has 172 valence electrons. The Labute approximate surface area is 206 Å². The first kappa shape index (κ1) is 25.4. The molecule has 2 heterocycles. The van der Waals surface area contributed by atoms with Crippen molar-refractivity contribution in [2.75, 3.05) is 27.8 Å². The quantitative estimate of drug-likeness (QED) is 0.254. The third-order valence-electron chi connectivity index (χ3n) is 4.87. The monoisotopic (exact) mass is 550 g/mol. The highest BCUT2D eigenvalue weighted by Gasteiger charge is 2.07. The van der Waals surface area contributed by atoms with Crippen molar-refractivity contribution in [2.45, 2.75) is 26.8 Å². The van der Waals surface area contributed by atoms with Gasteiger partial charge in [-0.05, 0) is 55.7 Å². The van der Waals surface area contributed by atoms with Crippen molar-refractivity contribution >= 4 is 29.9 Å². The molecule has 0 amide bonds. The number of guanidine groups is 1. The number of aromatic nitrogens is 3. The van der Waals surface area contributed by atoms with Gasteiger partial charge in [-0.25, -0.2) is 9.67 Å². The Morgan fingerprint density at radius 1 is 1.00 bits per heavy atom. The number of rotatable bonds is 8. The molecule has 3 rings (SSSR count). The highest BCUT2D eigenvalue weighted by atomic mass is 127. The first-order valence-electron chi connectivity index (χ1n) is 10.2. The SMILES string of the molecule is CN=C(NCCc1ccc(OC)c(OC)c1)NCc1ccc(-n2nc(C)cc2C)nc1.I. The molecule has 0 unspecified atom stereocenters. The molecule has 2 N–H and O–H groups in total. The van der Waals surface area contributed by atoms with Crippen LogP contribution in [0.4, 0.5) is 0 Å². The predicted molar refractivity (Wildman–Crippen MR) is 138 cm³/mol. The molecule has 9 heteroatoms. The van der Waals surface area contributed by atoms with Gasteiger partial charge in [-0.15, -0.1) is 24.0 Å². The van der Waals surface area contributed by atoms with Crippen molar-refractivity contribution in [3.63, 3.8) is 0 Å². The van der Waals surface area contributed by atoms with Gasteiger partial charge in [0.15, 0.2) is 23.3 Å². The Balaban J connectivity index is 0.00000363. The van der Waals surface area contributed by atoms with Crippen molar-refractivity contribution in [1.29, 1.82) is 0 Å². The van der Waals surface area contributed by atoms with E-state index in [2.05, 4.69) is 25.7 Å². The number of hydrogen-bond acceptors (Lipinski definition) is 5. The van der Waals surface area contributed by atoms with Gasteiger partial charge in [0.1, 0.15) is 0 Å². The maximum absolute atomic E-state index is 5.36. The predicted octanol–water partition coefficient (Wildman–Crippen LogP) is 3.43. The van der Waals surface area contributed by atoms with Crippen LogP contribution in [-0.4, -0.2) is 48.5 Å². The largest absolute Gasteiger partial charge is 0.493 e. The van der Waals surface area contributed by atoms with Gasteiger partial charge in [0.2, 0.25) is 0 Å². The van der Waals surface area contributed by atoms with Gasteiger partial charge in [0.05, 0.1) is 19.9 Å². The van der Waals surface area contributed by atoms with E-state index in [1.807, 2.05) is 61.1 Å². The van der Waals surface area contributed by atoms with Crippen molar-refractivity contribution in [2.24, 2.45) is 4.99 Å². The fourth-order valence-corrected chi connectivity index (χ4v) is 3.28. The molecule has 0 spiro atoms. The van der Waals surface area contributed by atoms with Gasteiger partial charge >= 0.3 is 0 Å². The van der Waals surface area contributed by atoms with Crippen molar-refractivity contribution in [1.82, 2.24) is 25.4 Å². The number of nitrogens with zero attached hydrogens (tertiary/aromatic N) is 4. The van der Waals surface area contributed by atoms with E-state index in [1.54, 1.807) is 21.3 Å². The van der Waals surface area contributed by atoms with Gasteiger partial charge in [-0.3, -0.25) is 4.99 Å². The van der Waals surface area contributed by atoms with Crippen LogP contribution in [0.3, 0.4) is 0 Å². The minimum atomic E-state index is 0. The van der Waals surface area contributed by atoms with Crippen LogP contribution in [-0.2, 0) is 13.0 Å². The van der Waals surface area contributed by atoms with Gasteiger partial charge in [-0.1, -0.05) is 12.1 Å². The second-order valence-corrected chi connectivity index (χ2v) is 7.16. The third-order valence-corrected chi connectivity index (χ3v) is 4.87. The number of halogens is 1. The Kier molecular flexibility index (Phi) is 9.76. The Bertz CT molecular complexity index is 1030. The van der Waals surface area contributed by atoms with E-state index in [0.29, 0.717) is 6.54 Å². The van der Waals surface area contributed by atoms with E-state index in [9.17, 15) is 0 Å². The van der Waals surface area contributed by atoms with Crippen molar-refractivity contribution in [3.05, 3.63) is 65.1 Å². The van der Waals surface area contributed by atoms with E-state index < -0.39 is 0 Å². The fraction of sp³-hybridized carbons (Fsp3) is 0.348. The lowest BCUT2D eigenvalue weighted by Crippen LogP contribution is -2.37. The molecule has 0 aliphatic carbocycles. The number of methoxy groups -OCH3 is 2. The Morgan fingerprint density at radius 3 is 2.34 bits per heavy atom. The number of pyridine rings is 1. The number of nitrogens with one attached hydrogen (secondary N) is 2. The maximum Gasteiger partial charge on any atom is 0.191 e. The smallest absolute Gasteiger partial charge is 0.191 e. The average molecular weight is 550 g/mol. The standard InChI is InChI=1S/C23H30N6O2.HI/c1-16-12-17(2)29(28-16)22-9-7-19(14-26-22)15-27-23(24-3)25-11-10-18-6-8-20(30-4)21(13-18)31-5;/h6-9,12-14H,10-11,15H2,1-5H3,(H2,24,25,27);1H. The minimum absolute atomic E-state index is 0. The molecule has 0 aliphatic heterocycles. The molecular formula is C23H31IN6O2. The maximum atomic E-state index is 5.36. The van der Waals surface area contributed by atoms with E-state index in [1.165, 1.54) is 0 Å². The molecular weight excluding hydrogens is 519 g/mol. The van der Waals surface area contributed by atoms with E-state index in [-0.39, 0.29) is 24.0 Å². The highest BCUT2D eigenvalue weighted by molar-refractivity contribution is 14.0. The van der Waals surface area contributed by atoms with Crippen LogP contribution in [0.25, 0.3) is 5.82 Å². The lowest BCUT2D eigenvalue weighted by molar-refractivity contribution is 0.354. The Hall–Kier alpha value is -2.82. The summed E-state index contributed by atoms with van der Waals surface area (Å²) in [6.45, 7) is 5.37. The van der Waals surface area contributed by atoms with Crippen LogP contribution < -0.4 is 20.1 Å². The summed E-state index contributed by atoms with van der Waals surface area (Å²) in [6, 6.07) is 12.0. The number of benzene rings is 1. The van der Waals surface area contributed by atoms with Crippen LogP contribution >= 0.6 is 24.0 Å². The molecule has 0 saturated carbocycles. The van der Waals surface area contributed by atoms with Crippen molar-refractivity contribution < 1.29 is 9.47 Å². The average Bonchev–Trinajstić information content (AvgIpc) is 3.14. The van der Waals surface area contributed by atoms with Crippen LogP contribution in [0.2, 0.25) is 0 Å². The van der Waals surface area contributed by atoms with Crippen molar-refractivity contribution in [3.8, 4) is 17.3 Å². The fourth-order valence-electron chi connectivity index (χ4n) is 3.28. The first-order valence-corrected chi connectivity index (χ1v) is 10.2. The van der Waals surface area contributed by atoms with E-state index in [0.717, 1.165) is 58.8 Å². The molecule has 0 saturated heterocycles. The normalized spacial score (nSPS) is 11.0. The summed E-state index contributed by atoms with van der Waals surface area (Å²) in [5, 5.41) is 11.1. The molecule has 0 radical (unpaired) electrons. The summed E-state index contributed by atoms with van der Waals surface area (Å²) in [5.74, 6) is 3.02. The molecule has 8 nitrogen and oxygen atoms in total. The van der Waals surface area contributed by atoms with Gasteiger partial charge in [-0.2, -0.15) is 5.10 Å². The number of ether oxygens (including phenoxy) is 2. The summed E-state index contributed by atoms with van der Waals surface area (Å²) in [6.07, 6.45) is 2.69. The molecule has 0 bridgehead atoms. The molecule has 1 aromatic carbocycles. The zero-order valence-electron chi connectivity index (χ0n) is 19.2. The zero-order chi connectivity index (χ0) is 22.2. The second kappa shape index (κ2) is 12.3. The number of hydrogen-bond donors (Lipinski definition) is 2. The number of aliphatic imine (C=N–C) groups is 1. The molecule has 0 fully saturated rings. The first-order chi connectivity index (χ1) is 15.0. The third kappa shape index (κ3) is 6.59. The molecule has 32 heavy (non-hydrogen) atoms. The van der Waals surface area contributed by atoms with E-state index in [4.69, 9.17) is 9.47 Å². The molecule has 0 aliphatic rings. The zero-order valence-corrected chi connectivity index (χ0v) is 21.5. The lowest BCUT2D eigenvalue weighted by atomic mass is 10.1. The summed E-state index contributed by atoms with van der Waals surface area (Å²) >= 11 is 0. The van der Waals surface area contributed by atoms with Gasteiger partial charge < -0.3 is 20.1 Å². The van der Waals surface area contributed by atoms with Crippen LogP contribution in [0, 0.1) is 13.8 Å². The topological polar surface area (TPSA) is 85.6 Å². The lowest BCUT2D eigenvalue weighted by Gasteiger charge is -2.13.